The van der Waals surface area contributed by atoms with Crippen LogP contribution in [0.15, 0.2) is 0 Å². The second kappa shape index (κ2) is 5.92. The van der Waals surface area contributed by atoms with Crippen molar-refractivity contribution in [3.05, 3.63) is 0 Å². The van der Waals surface area contributed by atoms with Crippen LogP contribution in [0.25, 0.3) is 0 Å². The smallest absolute Gasteiger partial charge is 0.165 e. The summed E-state index contributed by atoms with van der Waals surface area (Å²) in [5, 5.41) is 0. The van der Waals surface area contributed by atoms with Crippen LogP contribution >= 0.6 is 0 Å². The van der Waals surface area contributed by atoms with Gasteiger partial charge in [0.2, 0.25) is 0 Å². The molecule has 2 bridgehead atoms. The molecule has 2 saturated carbocycles. The minimum absolute atomic E-state index is 0.204. The van der Waals surface area contributed by atoms with Crippen molar-refractivity contribution < 1.29 is 9.53 Å². The Morgan fingerprint density at radius 1 is 1.32 bits per heavy atom. The molecule has 3 heteroatoms. The van der Waals surface area contributed by atoms with E-state index in [0.29, 0.717) is 6.42 Å². The van der Waals surface area contributed by atoms with Crippen molar-refractivity contribution in [2.24, 2.45) is 17.8 Å². The minimum Gasteiger partial charge on any atom is -0.371 e. The first-order chi connectivity index (χ1) is 8.92. The van der Waals surface area contributed by atoms with Crippen LogP contribution in [0.4, 0.5) is 0 Å². The van der Waals surface area contributed by atoms with Gasteiger partial charge in [0.25, 0.3) is 0 Å². The Labute approximate surface area is 117 Å². The Balaban J connectivity index is 1.70. The standard InChI is InChI=1S/C16H29NO2/c1-16(2,19-4)15(18)7-8-17(3)11-14-10-12-5-6-13(14)9-12/h12-14H,5-11H2,1-4H3. The highest BCUT2D eigenvalue weighted by atomic mass is 16.5. The molecule has 0 radical (unpaired) electrons. The third kappa shape index (κ3) is 3.57. The molecule has 2 rings (SSSR count). The summed E-state index contributed by atoms with van der Waals surface area (Å²) in [5.74, 6) is 3.07. The van der Waals surface area contributed by atoms with Crippen LogP contribution in [0.1, 0.15) is 46.0 Å². The molecule has 0 spiro atoms. The van der Waals surface area contributed by atoms with E-state index in [0.717, 1.165) is 24.3 Å². The molecule has 0 aliphatic heterocycles. The molecule has 0 aromatic rings. The summed E-state index contributed by atoms with van der Waals surface area (Å²) in [6.45, 7) is 5.73. The van der Waals surface area contributed by atoms with Gasteiger partial charge in [-0.3, -0.25) is 4.79 Å². The lowest BCUT2D eigenvalue weighted by Gasteiger charge is -2.28. The van der Waals surface area contributed by atoms with Crippen LogP contribution in [0.3, 0.4) is 0 Å². The molecule has 0 saturated heterocycles. The average Bonchev–Trinajstić information content (AvgIpc) is 2.98. The predicted octanol–water partition coefficient (Wildman–Crippen LogP) is 2.74. The molecule has 2 aliphatic carbocycles. The van der Waals surface area contributed by atoms with E-state index in [1.165, 1.54) is 32.2 Å². The third-order valence-electron chi connectivity index (χ3n) is 5.33. The Hall–Kier alpha value is -0.410. The summed E-state index contributed by atoms with van der Waals surface area (Å²) in [6, 6.07) is 0. The normalized spacial score (nSPS) is 30.3. The molecular formula is C16H29NO2. The first-order valence-corrected chi connectivity index (χ1v) is 7.69. The Morgan fingerprint density at radius 3 is 2.58 bits per heavy atom. The molecular weight excluding hydrogens is 238 g/mol. The number of carbonyl (C=O) groups excluding carboxylic acids is 1. The molecule has 3 atom stereocenters. The maximum atomic E-state index is 12.0. The van der Waals surface area contributed by atoms with E-state index < -0.39 is 5.60 Å². The molecule has 0 aromatic carbocycles. The number of ether oxygens (including phenoxy) is 1. The van der Waals surface area contributed by atoms with Gasteiger partial charge in [0.15, 0.2) is 5.78 Å². The van der Waals surface area contributed by atoms with Gasteiger partial charge in [-0.05, 0) is 57.9 Å². The second-order valence-corrected chi connectivity index (χ2v) is 7.08. The molecule has 0 aromatic heterocycles. The molecule has 0 N–H and O–H groups in total. The number of fused-ring (bicyclic) bond motifs is 2. The van der Waals surface area contributed by atoms with Gasteiger partial charge in [-0.1, -0.05) is 6.42 Å². The van der Waals surface area contributed by atoms with Crippen molar-refractivity contribution >= 4 is 5.78 Å². The van der Waals surface area contributed by atoms with Crippen molar-refractivity contribution in [3.8, 4) is 0 Å². The van der Waals surface area contributed by atoms with Crippen LogP contribution in [-0.4, -0.2) is 43.5 Å². The lowest BCUT2D eigenvalue weighted by atomic mass is 9.88. The molecule has 0 amide bonds. The maximum absolute atomic E-state index is 12.0. The van der Waals surface area contributed by atoms with Crippen molar-refractivity contribution in [1.82, 2.24) is 4.90 Å². The quantitative estimate of drug-likeness (QED) is 0.710. The van der Waals surface area contributed by atoms with Gasteiger partial charge >= 0.3 is 0 Å². The topological polar surface area (TPSA) is 29.5 Å². The second-order valence-electron chi connectivity index (χ2n) is 7.08. The van der Waals surface area contributed by atoms with Gasteiger partial charge in [0, 0.05) is 26.6 Å². The number of methoxy groups -OCH3 is 1. The van der Waals surface area contributed by atoms with Crippen LogP contribution in [0.5, 0.6) is 0 Å². The van der Waals surface area contributed by atoms with E-state index >= 15 is 0 Å². The zero-order chi connectivity index (χ0) is 14.0. The molecule has 3 nitrogen and oxygen atoms in total. The van der Waals surface area contributed by atoms with E-state index in [1.54, 1.807) is 7.11 Å². The highest BCUT2D eigenvalue weighted by Gasteiger charge is 2.39. The Kier molecular flexibility index (Phi) is 4.67. The molecule has 2 fully saturated rings. The largest absolute Gasteiger partial charge is 0.371 e. The van der Waals surface area contributed by atoms with Crippen molar-refractivity contribution in [2.45, 2.75) is 51.6 Å². The van der Waals surface area contributed by atoms with Crippen LogP contribution in [0.2, 0.25) is 0 Å². The monoisotopic (exact) mass is 267 g/mol. The molecule has 0 heterocycles. The number of carbonyl (C=O) groups is 1. The fourth-order valence-electron chi connectivity index (χ4n) is 3.80. The summed E-state index contributed by atoms with van der Waals surface area (Å²) in [6.07, 6.45) is 6.39. The minimum atomic E-state index is -0.632. The van der Waals surface area contributed by atoms with Crippen molar-refractivity contribution in [1.29, 1.82) is 0 Å². The zero-order valence-corrected chi connectivity index (χ0v) is 12.9. The number of hydrogen-bond acceptors (Lipinski definition) is 3. The van der Waals surface area contributed by atoms with E-state index in [1.807, 2.05) is 13.8 Å². The summed E-state index contributed by atoms with van der Waals surface area (Å²) in [5.41, 5.74) is -0.632. The van der Waals surface area contributed by atoms with E-state index in [4.69, 9.17) is 4.74 Å². The highest BCUT2D eigenvalue weighted by Crippen LogP contribution is 2.48. The van der Waals surface area contributed by atoms with Gasteiger partial charge < -0.3 is 9.64 Å². The summed E-state index contributed by atoms with van der Waals surface area (Å²) >= 11 is 0. The summed E-state index contributed by atoms with van der Waals surface area (Å²) in [7, 11) is 3.76. The van der Waals surface area contributed by atoms with Gasteiger partial charge in [-0.15, -0.1) is 0 Å². The average molecular weight is 267 g/mol. The first-order valence-electron chi connectivity index (χ1n) is 7.69. The number of rotatable bonds is 7. The number of ketones is 1. The van der Waals surface area contributed by atoms with Gasteiger partial charge in [-0.25, -0.2) is 0 Å². The van der Waals surface area contributed by atoms with E-state index in [9.17, 15) is 4.79 Å². The van der Waals surface area contributed by atoms with Gasteiger partial charge in [-0.2, -0.15) is 0 Å². The van der Waals surface area contributed by atoms with E-state index in [2.05, 4.69) is 11.9 Å². The van der Waals surface area contributed by atoms with Gasteiger partial charge in [0.05, 0.1) is 0 Å². The number of Topliss-reactive ketones (excluding diaryl/α,β-unsaturated/α-hetero) is 1. The molecule has 19 heavy (non-hydrogen) atoms. The predicted molar refractivity (Wildman–Crippen MR) is 77.1 cm³/mol. The van der Waals surface area contributed by atoms with Crippen LogP contribution in [0, 0.1) is 17.8 Å². The molecule has 3 unspecified atom stereocenters. The Morgan fingerprint density at radius 2 is 2.05 bits per heavy atom. The first kappa shape index (κ1) is 15.0. The maximum Gasteiger partial charge on any atom is 0.165 e. The molecule has 2 aliphatic rings. The lowest BCUT2D eigenvalue weighted by Crippen LogP contribution is -2.37. The van der Waals surface area contributed by atoms with Crippen LogP contribution in [-0.2, 0) is 9.53 Å². The number of hydrogen-bond donors (Lipinski definition) is 0. The summed E-state index contributed by atoms with van der Waals surface area (Å²) in [4.78, 5) is 14.4. The highest BCUT2D eigenvalue weighted by molar-refractivity contribution is 5.86. The van der Waals surface area contributed by atoms with E-state index in [-0.39, 0.29) is 5.78 Å². The van der Waals surface area contributed by atoms with Gasteiger partial charge in [0.1, 0.15) is 5.60 Å². The van der Waals surface area contributed by atoms with Crippen LogP contribution < -0.4 is 0 Å². The zero-order valence-electron chi connectivity index (χ0n) is 12.9. The van der Waals surface area contributed by atoms with Crippen molar-refractivity contribution in [3.63, 3.8) is 0 Å². The van der Waals surface area contributed by atoms with Crippen molar-refractivity contribution in [2.75, 3.05) is 27.2 Å². The fourth-order valence-corrected chi connectivity index (χ4v) is 3.80. The molecule has 110 valence electrons. The summed E-state index contributed by atoms with van der Waals surface area (Å²) < 4.78 is 5.24. The number of nitrogens with zero attached hydrogens (tertiary/aromatic N) is 1. The Bertz CT molecular complexity index is 327. The lowest BCUT2D eigenvalue weighted by molar-refractivity contribution is -0.137. The third-order valence-corrected chi connectivity index (χ3v) is 5.33. The fraction of sp³-hybridized carbons (Fsp3) is 0.938. The SMILES string of the molecule is COC(C)(C)C(=O)CCN(C)CC1CC2CCC1C2.